The number of H-pyrrole nitrogens is 1. The SMILES string of the molecule is C[C@@H](CN)c1c[nH]c2ccc(F)cc12. The summed E-state index contributed by atoms with van der Waals surface area (Å²) in [7, 11) is 0. The number of rotatable bonds is 2. The highest BCUT2D eigenvalue weighted by Gasteiger charge is 2.09. The van der Waals surface area contributed by atoms with Crippen LogP contribution in [0.3, 0.4) is 0 Å². The molecule has 2 nitrogen and oxygen atoms in total. The molecule has 0 bridgehead atoms. The number of nitrogens with two attached hydrogens (primary N) is 1. The van der Waals surface area contributed by atoms with E-state index in [9.17, 15) is 4.39 Å². The smallest absolute Gasteiger partial charge is 0.123 e. The highest BCUT2D eigenvalue weighted by molar-refractivity contribution is 5.83. The van der Waals surface area contributed by atoms with Gasteiger partial charge in [0.05, 0.1) is 0 Å². The van der Waals surface area contributed by atoms with Gasteiger partial charge in [-0.1, -0.05) is 6.92 Å². The van der Waals surface area contributed by atoms with Crippen molar-refractivity contribution in [1.82, 2.24) is 4.98 Å². The van der Waals surface area contributed by atoms with Gasteiger partial charge >= 0.3 is 0 Å². The fourth-order valence-corrected chi connectivity index (χ4v) is 1.65. The lowest BCUT2D eigenvalue weighted by atomic mass is 10.0. The third-order valence-corrected chi connectivity index (χ3v) is 2.56. The van der Waals surface area contributed by atoms with Crippen LogP contribution >= 0.6 is 0 Å². The van der Waals surface area contributed by atoms with Crippen LogP contribution in [0.2, 0.25) is 0 Å². The summed E-state index contributed by atoms with van der Waals surface area (Å²) in [5.74, 6) is 0.0492. The van der Waals surface area contributed by atoms with Crippen molar-refractivity contribution >= 4 is 10.9 Å². The fourth-order valence-electron chi connectivity index (χ4n) is 1.65. The molecule has 74 valence electrons. The first-order valence-corrected chi connectivity index (χ1v) is 4.69. The first kappa shape index (κ1) is 9.21. The molecule has 0 saturated heterocycles. The van der Waals surface area contributed by atoms with Gasteiger partial charge in [-0.3, -0.25) is 0 Å². The van der Waals surface area contributed by atoms with Crippen molar-refractivity contribution in [2.75, 3.05) is 6.54 Å². The first-order valence-electron chi connectivity index (χ1n) is 4.69. The maximum atomic E-state index is 13.0. The van der Waals surface area contributed by atoms with Crippen molar-refractivity contribution in [3.63, 3.8) is 0 Å². The van der Waals surface area contributed by atoms with Crippen LogP contribution in [0.15, 0.2) is 24.4 Å². The third kappa shape index (κ3) is 1.40. The Kier molecular flexibility index (Phi) is 2.25. The van der Waals surface area contributed by atoms with Crippen molar-refractivity contribution < 1.29 is 4.39 Å². The van der Waals surface area contributed by atoms with E-state index in [2.05, 4.69) is 4.98 Å². The maximum Gasteiger partial charge on any atom is 0.123 e. The summed E-state index contributed by atoms with van der Waals surface area (Å²) in [5, 5.41) is 0.933. The minimum Gasteiger partial charge on any atom is -0.361 e. The van der Waals surface area contributed by atoms with Gasteiger partial charge < -0.3 is 10.7 Å². The minimum atomic E-state index is -0.206. The Morgan fingerprint density at radius 3 is 3.00 bits per heavy atom. The Morgan fingerprint density at radius 1 is 1.50 bits per heavy atom. The molecule has 0 amide bonds. The first-order chi connectivity index (χ1) is 6.72. The van der Waals surface area contributed by atoms with Crippen molar-refractivity contribution in [3.8, 4) is 0 Å². The molecule has 0 unspecified atom stereocenters. The molecule has 1 atom stereocenters. The van der Waals surface area contributed by atoms with Gasteiger partial charge in [-0.2, -0.15) is 0 Å². The number of hydrogen-bond acceptors (Lipinski definition) is 1. The highest BCUT2D eigenvalue weighted by atomic mass is 19.1. The van der Waals surface area contributed by atoms with Crippen LogP contribution in [-0.4, -0.2) is 11.5 Å². The summed E-state index contributed by atoms with van der Waals surface area (Å²) in [6.45, 7) is 2.61. The highest BCUT2D eigenvalue weighted by Crippen LogP contribution is 2.25. The number of benzene rings is 1. The van der Waals surface area contributed by atoms with Crippen LogP contribution in [0.5, 0.6) is 0 Å². The van der Waals surface area contributed by atoms with E-state index >= 15 is 0 Å². The molecule has 0 fully saturated rings. The van der Waals surface area contributed by atoms with Gasteiger partial charge in [0.1, 0.15) is 5.82 Å². The largest absolute Gasteiger partial charge is 0.361 e. The zero-order chi connectivity index (χ0) is 10.1. The van der Waals surface area contributed by atoms with Crippen LogP contribution in [0.1, 0.15) is 18.4 Å². The second-order valence-corrected chi connectivity index (χ2v) is 3.57. The van der Waals surface area contributed by atoms with Crippen LogP contribution in [0.25, 0.3) is 10.9 Å². The van der Waals surface area contributed by atoms with Crippen LogP contribution in [0.4, 0.5) is 4.39 Å². The molecule has 3 heteroatoms. The number of halogens is 1. The summed E-state index contributed by atoms with van der Waals surface area (Å²) >= 11 is 0. The number of fused-ring (bicyclic) bond motifs is 1. The molecule has 0 aliphatic rings. The Balaban J connectivity index is 2.61. The van der Waals surface area contributed by atoms with Gasteiger partial charge in [0.15, 0.2) is 0 Å². The molecule has 1 aromatic carbocycles. The second kappa shape index (κ2) is 3.42. The predicted molar refractivity (Wildman–Crippen MR) is 55.7 cm³/mol. The van der Waals surface area contributed by atoms with E-state index in [1.807, 2.05) is 13.1 Å². The van der Waals surface area contributed by atoms with Crippen LogP contribution in [-0.2, 0) is 0 Å². The molecule has 2 rings (SSSR count). The van der Waals surface area contributed by atoms with E-state index in [1.54, 1.807) is 12.1 Å². The molecule has 0 spiro atoms. The molecule has 2 aromatic rings. The van der Waals surface area contributed by atoms with Gasteiger partial charge in [0.25, 0.3) is 0 Å². The lowest BCUT2D eigenvalue weighted by Gasteiger charge is -2.06. The normalized spacial score (nSPS) is 13.4. The quantitative estimate of drug-likeness (QED) is 0.753. The molecular weight excluding hydrogens is 179 g/mol. The molecule has 3 N–H and O–H groups in total. The Bertz CT molecular complexity index is 447. The third-order valence-electron chi connectivity index (χ3n) is 2.56. The van der Waals surface area contributed by atoms with Crippen molar-refractivity contribution in [1.29, 1.82) is 0 Å². The average Bonchev–Trinajstić information content (AvgIpc) is 2.59. The van der Waals surface area contributed by atoms with E-state index in [0.717, 1.165) is 16.5 Å². The van der Waals surface area contributed by atoms with Crippen LogP contribution < -0.4 is 5.73 Å². The molecule has 0 aliphatic carbocycles. The molecule has 0 aliphatic heterocycles. The van der Waals surface area contributed by atoms with Gasteiger partial charge in [-0.05, 0) is 36.2 Å². The lowest BCUT2D eigenvalue weighted by Crippen LogP contribution is -2.08. The standard InChI is InChI=1S/C11H13FN2/c1-7(5-13)10-6-14-11-3-2-8(12)4-9(10)11/h2-4,6-7,14H,5,13H2,1H3/t7-/m0/s1. The molecule has 1 heterocycles. The topological polar surface area (TPSA) is 41.8 Å². The van der Waals surface area contributed by atoms with Crippen molar-refractivity contribution in [2.45, 2.75) is 12.8 Å². The van der Waals surface area contributed by atoms with Crippen molar-refractivity contribution in [3.05, 3.63) is 35.8 Å². The summed E-state index contributed by atoms with van der Waals surface area (Å²) in [6.07, 6.45) is 1.90. The average molecular weight is 192 g/mol. The minimum absolute atomic E-state index is 0.206. The number of aromatic nitrogens is 1. The molecular formula is C11H13FN2. The van der Waals surface area contributed by atoms with E-state index in [4.69, 9.17) is 5.73 Å². The number of nitrogens with one attached hydrogen (secondary N) is 1. The number of aromatic amines is 1. The molecule has 1 aromatic heterocycles. The monoisotopic (exact) mass is 192 g/mol. The summed E-state index contributed by atoms with van der Waals surface area (Å²) < 4.78 is 13.0. The fraction of sp³-hybridized carbons (Fsp3) is 0.273. The van der Waals surface area contributed by atoms with Gasteiger partial charge in [0.2, 0.25) is 0 Å². The van der Waals surface area contributed by atoms with E-state index in [0.29, 0.717) is 6.54 Å². The number of hydrogen-bond donors (Lipinski definition) is 2. The van der Waals surface area contributed by atoms with Crippen molar-refractivity contribution in [2.24, 2.45) is 5.73 Å². The lowest BCUT2D eigenvalue weighted by molar-refractivity contribution is 0.629. The zero-order valence-electron chi connectivity index (χ0n) is 8.05. The Morgan fingerprint density at radius 2 is 2.29 bits per heavy atom. The Hall–Kier alpha value is -1.35. The summed E-state index contributed by atoms with van der Waals surface area (Å²) in [6, 6.07) is 4.75. The van der Waals surface area contributed by atoms with Gasteiger partial charge in [0, 0.05) is 17.1 Å². The maximum absolute atomic E-state index is 13.0. The molecule has 0 saturated carbocycles. The predicted octanol–water partition coefficient (Wildman–Crippen LogP) is 2.37. The van der Waals surface area contributed by atoms with Crippen LogP contribution in [0, 0.1) is 5.82 Å². The van der Waals surface area contributed by atoms with E-state index in [1.165, 1.54) is 6.07 Å². The van der Waals surface area contributed by atoms with Gasteiger partial charge in [-0.25, -0.2) is 4.39 Å². The Labute approximate surface area is 81.9 Å². The van der Waals surface area contributed by atoms with E-state index in [-0.39, 0.29) is 11.7 Å². The summed E-state index contributed by atoms with van der Waals surface area (Å²) in [5.41, 5.74) is 7.63. The zero-order valence-corrected chi connectivity index (χ0v) is 8.05. The molecule has 0 radical (unpaired) electrons. The second-order valence-electron chi connectivity index (χ2n) is 3.57. The van der Waals surface area contributed by atoms with E-state index < -0.39 is 0 Å². The summed E-state index contributed by atoms with van der Waals surface area (Å²) in [4.78, 5) is 3.11. The van der Waals surface area contributed by atoms with Gasteiger partial charge in [-0.15, -0.1) is 0 Å². The molecule has 14 heavy (non-hydrogen) atoms.